The van der Waals surface area contributed by atoms with Crippen LogP contribution in [0.3, 0.4) is 0 Å². The van der Waals surface area contributed by atoms with Crippen LogP contribution >= 0.6 is 0 Å². The topological polar surface area (TPSA) is 90.7 Å². The molecule has 46 valence electrons. The van der Waals surface area contributed by atoms with Crippen molar-refractivity contribution in [1.82, 2.24) is 0 Å². The van der Waals surface area contributed by atoms with Gasteiger partial charge in [-0.1, -0.05) is 0 Å². The van der Waals surface area contributed by atoms with Crippen molar-refractivity contribution in [3.63, 3.8) is 0 Å². The summed E-state index contributed by atoms with van der Waals surface area (Å²) in [5, 5.41) is 24.0. The summed E-state index contributed by atoms with van der Waals surface area (Å²) in [6, 6.07) is 0. The average molecular weight is 148 g/mol. The van der Waals surface area contributed by atoms with E-state index in [4.69, 9.17) is 15.3 Å². The van der Waals surface area contributed by atoms with Crippen molar-refractivity contribution in [2.24, 2.45) is 0 Å². The van der Waals surface area contributed by atoms with Gasteiger partial charge in [0.1, 0.15) is 6.10 Å². The van der Waals surface area contributed by atoms with Crippen LogP contribution in [0, 0.1) is 0 Å². The van der Waals surface area contributed by atoms with E-state index < -0.39 is 6.10 Å². The molecule has 0 atom stereocenters. The Morgan fingerprint density at radius 3 is 1.38 bits per heavy atom. The first kappa shape index (κ1) is 16.2. The Kier molecular flexibility index (Phi) is 22.9. The van der Waals surface area contributed by atoms with Gasteiger partial charge in [0.25, 0.3) is 0 Å². The van der Waals surface area contributed by atoms with Gasteiger partial charge in [0, 0.05) is 0 Å². The van der Waals surface area contributed by atoms with Gasteiger partial charge in [-0.3, -0.25) is 0 Å². The van der Waals surface area contributed by atoms with Gasteiger partial charge in [-0.15, -0.1) is 0 Å². The summed E-state index contributed by atoms with van der Waals surface area (Å²) in [7, 11) is 0. The quantitative estimate of drug-likeness (QED) is 0.343. The zero-order valence-electron chi connectivity index (χ0n) is 4.78. The Labute approximate surface area is 90.3 Å². The predicted octanol–water partition coefficient (Wildman–Crippen LogP) is -4.84. The molecule has 8 heavy (non-hydrogen) atoms. The smallest absolute Gasteiger partial charge is 0.870 e. The van der Waals surface area contributed by atoms with Crippen LogP contribution in [0.5, 0.6) is 0 Å². The Hall–Kier alpha value is 1.48. The monoisotopic (exact) mass is 148 g/mol. The summed E-state index contributed by atoms with van der Waals surface area (Å²) in [5.41, 5.74) is 0. The number of aliphatic hydroxyl groups is 3. The van der Waals surface area contributed by atoms with Gasteiger partial charge in [0.2, 0.25) is 0 Å². The molecule has 5 heteroatoms. The van der Waals surface area contributed by atoms with Crippen LogP contribution in [0.4, 0.5) is 0 Å². The molecule has 0 rings (SSSR count). The fraction of sp³-hybridized carbons (Fsp3) is 1.00. The van der Waals surface area contributed by atoms with E-state index >= 15 is 0 Å². The van der Waals surface area contributed by atoms with Crippen LogP contribution in [0.15, 0.2) is 0 Å². The summed E-state index contributed by atoms with van der Waals surface area (Å²) in [5.74, 6) is 0. The van der Waals surface area contributed by atoms with E-state index in [9.17, 15) is 0 Å². The second kappa shape index (κ2) is 11.3. The average Bonchev–Trinajstić information content (AvgIpc) is 1.65. The molecule has 0 aliphatic rings. The molecule has 0 saturated carbocycles. The molecule has 0 aliphatic heterocycles. The van der Waals surface area contributed by atoms with Gasteiger partial charge in [0.15, 0.2) is 0 Å². The number of rotatable bonds is 2. The fourth-order valence-electron chi connectivity index (χ4n) is 0.0577. The second-order valence-electron chi connectivity index (χ2n) is 1.02. The van der Waals surface area contributed by atoms with E-state index in [2.05, 4.69) is 0 Å². The molecule has 0 aromatic rings. The zero-order valence-corrected chi connectivity index (χ0v) is 7.90. The van der Waals surface area contributed by atoms with Crippen LogP contribution in [0.1, 0.15) is 0 Å². The Bertz CT molecular complexity index is 30.5. The summed E-state index contributed by atoms with van der Waals surface area (Å²) < 4.78 is 0. The van der Waals surface area contributed by atoms with Crippen molar-refractivity contribution in [2.75, 3.05) is 13.2 Å². The van der Waals surface area contributed by atoms with Crippen molar-refractivity contribution >= 4 is 0 Å². The first-order valence-corrected chi connectivity index (χ1v) is 1.71. The summed E-state index contributed by atoms with van der Waals surface area (Å²) >= 11 is 0. The van der Waals surface area contributed by atoms with Gasteiger partial charge in [-0.2, -0.15) is 0 Å². The summed E-state index contributed by atoms with van der Waals surface area (Å²) in [4.78, 5) is 0. The molecule has 0 saturated heterocycles. The van der Waals surface area contributed by atoms with Gasteiger partial charge in [-0.25, -0.2) is 0 Å². The van der Waals surface area contributed by atoms with Crippen LogP contribution in [0.25, 0.3) is 0 Å². The molecule has 0 spiro atoms. The first-order valence-electron chi connectivity index (χ1n) is 1.71. The van der Waals surface area contributed by atoms with Crippen LogP contribution < -0.4 is 51.4 Å². The Morgan fingerprint density at radius 2 is 1.38 bits per heavy atom. The molecule has 0 aromatic carbocycles. The van der Waals surface area contributed by atoms with Gasteiger partial charge < -0.3 is 20.8 Å². The van der Waals surface area contributed by atoms with E-state index in [1.807, 2.05) is 0 Å². The largest absolute Gasteiger partial charge is 1.00 e. The predicted molar refractivity (Wildman–Crippen MR) is 22.1 cm³/mol. The van der Waals surface area contributed by atoms with Crippen LogP contribution in [-0.4, -0.2) is 40.1 Å². The van der Waals surface area contributed by atoms with Crippen molar-refractivity contribution < 1.29 is 72.2 Å². The molecule has 0 bridgehead atoms. The third-order valence-corrected chi connectivity index (χ3v) is 0.421. The number of hydrogen-bond acceptors (Lipinski definition) is 4. The van der Waals surface area contributed by atoms with Gasteiger partial charge in [0.05, 0.1) is 13.2 Å². The molecule has 0 radical (unpaired) electrons. The standard InChI is InChI=1S/C3H8O3.K.H2O/c4-1-3(6)2-5;;/h3-6H,1-2H2;;1H2/q;+1;/p-1. The van der Waals surface area contributed by atoms with Crippen molar-refractivity contribution in [3.8, 4) is 0 Å². The third-order valence-electron chi connectivity index (χ3n) is 0.421. The third kappa shape index (κ3) is 10.5. The van der Waals surface area contributed by atoms with E-state index in [0.29, 0.717) is 0 Å². The maximum Gasteiger partial charge on any atom is 1.00 e. The maximum atomic E-state index is 8.17. The minimum Gasteiger partial charge on any atom is -0.870 e. The summed E-state index contributed by atoms with van der Waals surface area (Å²) in [6.07, 6.45) is -0.954. The van der Waals surface area contributed by atoms with Gasteiger partial charge in [-0.05, 0) is 0 Å². The molecule has 4 N–H and O–H groups in total. The molecule has 0 unspecified atom stereocenters. The minimum absolute atomic E-state index is 0. The Balaban J connectivity index is -0.000000125. The fourth-order valence-corrected chi connectivity index (χ4v) is 0.0577. The molecular formula is C3H9KO4. The van der Waals surface area contributed by atoms with E-state index in [0.717, 1.165) is 0 Å². The summed E-state index contributed by atoms with van der Waals surface area (Å²) in [6.45, 7) is -0.729. The van der Waals surface area contributed by atoms with Crippen LogP contribution in [-0.2, 0) is 0 Å². The van der Waals surface area contributed by atoms with Gasteiger partial charge >= 0.3 is 51.4 Å². The molecule has 0 aliphatic carbocycles. The second-order valence-corrected chi connectivity index (χ2v) is 1.02. The molecular weight excluding hydrogens is 139 g/mol. The van der Waals surface area contributed by atoms with Crippen LogP contribution in [0.2, 0.25) is 0 Å². The SMILES string of the molecule is OCC(O)CO.[K+].[OH-]. The van der Waals surface area contributed by atoms with Crippen molar-refractivity contribution in [2.45, 2.75) is 6.10 Å². The molecule has 0 aromatic heterocycles. The van der Waals surface area contributed by atoms with Crippen molar-refractivity contribution in [1.29, 1.82) is 0 Å². The zero-order chi connectivity index (χ0) is 4.99. The van der Waals surface area contributed by atoms with Crippen molar-refractivity contribution in [3.05, 3.63) is 0 Å². The molecule has 4 nitrogen and oxygen atoms in total. The van der Waals surface area contributed by atoms with E-state index in [-0.39, 0.29) is 70.1 Å². The molecule has 0 amide bonds. The maximum absolute atomic E-state index is 8.17. The van der Waals surface area contributed by atoms with E-state index in [1.54, 1.807) is 0 Å². The first-order chi connectivity index (χ1) is 2.81. The molecule has 0 fully saturated rings. The van der Waals surface area contributed by atoms with E-state index in [1.165, 1.54) is 0 Å². The normalized spacial score (nSPS) is 7.50. The number of aliphatic hydroxyl groups excluding tert-OH is 3. The molecule has 0 heterocycles. The minimum atomic E-state index is -0.954. The Morgan fingerprint density at radius 1 is 1.12 bits per heavy atom. The number of hydrogen-bond donors (Lipinski definition) is 3.